The van der Waals surface area contributed by atoms with Crippen LogP contribution in [-0.4, -0.2) is 22.6 Å². The van der Waals surface area contributed by atoms with Crippen molar-refractivity contribution in [3.8, 4) is 0 Å². The van der Waals surface area contributed by atoms with Gasteiger partial charge in [-0.05, 0) is 25.5 Å². The van der Waals surface area contributed by atoms with Crippen LogP contribution >= 0.6 is 0 Å². The molecule has 0 aliphatic carbocycles. The van der Waals surface area contributed by atoms with Crippen molar-refractivity contribution in [1.29, 1.82) is 0 Å². The van der Waals surface area contributed by atoms with Crippen LogP contribution in [0.2, 0.25) is 0 Å². The molecule has 2 rings (SSSR count). The van der Waals surface area contributed by atoms with Crippen LogP contribution in [0.3, 0.4) is 0 Å². The topological polar surface area (TPSA) is 44.1 Å². The summed E-state index contributed by atoms with van der Waals surface area (Å²) in [6, 6.07) is 10.1. The largest absolute Gasteiger partial charge is 0.464 e. The summed E-state index contributed by atoms with van der Waals surface area (Å²) in [5, 5.41) is 0. The van der Waals surface area contributed by atoms with Gasteiger partial charge in [0, 0.05) is 12.7 Å². The molecule has 0 saturated heterocycles. The summed E-state index contributed by atoms with van der Waals surface area (Å²) in [4.78, 5) is 15.9. The monoisotopic (exact) mass is 270 g/mol. The van der Waals surface area contributed by atoms with Crippen molar-refractivity contribution < 1.29 is 9.53 Å². The van der Waals surface area contributed by atoms with Crippen LogP contribution in [-0.2, 0) is 11.3 Å². The summed E-state index contributed by atoms with van der Waals surface area (Å²) in [7, 11) is 1.36. The molecule has 0 fully saturated rings. The van der Waals surface area contributed by atoms with Crippen LogP contribution in [0.25, 0.3) is 6.08 Å². The lowest BCUT2D eigenvalue weighted by Gasteiger charge is -2.05. The van der Waals surface area contributed by atoms with Crippen LogP contribution in [0.15, 0.2) is 42.1 Å². The van der Waals surface area contributed by atoms with Crippen LogP contribution in [0.1, 0.15) is 35.7 Å². The number of aromatic nitrogens is 2. The lowest BCUT2D eigenvalue weighted by Crippen LogP contribution is -2.01. The zero-order chi connectivity index (χ0) is 14.5. The Morgan fingerprint density at radius 1 is 1.30 bits per heavy atom. The van der Waals surface area contributed by atoms with E-state index in [1.807, 2.05) is 54.8 Å². The van der Waals surface area contributed by atoms with Gasteiger partial charge in [0.15, 0.2) is 5.69 Å². The molecule has 1 heterocycles. The standard InChI is InChI=1S/C16H18N2O2/c1-12(2)9-15-17-14(16(19)20-3)11-18(15)10-13-7-5-4-6-8-13/h4-9,11H,10H2,1-3H3. The molecular weight excluding hydrogens is 252 g/mol. The Morgan fingerprint density at radius 2 is 2.00 bits per heavy atom. The molecule has 0 aliphatic rings. The zero-order valence-electron chi connectivity index (χ0n) is 12.0. The first-order chi connectivity index (χ1) is 9.60. The predicted molar refractivity (Wildman–Crippen MR) is 78.4 cm³/mol. The average molecular weight is 270 g/mol. The molecule has 2 aromatic rings. The highest BCUT2D eigenvalue weighted by Gasteiger charge is 2.13. The summed E-state index contributed by atoms with van der Waals surface area (Å²) in [5.74, 6) is 0.342. The molecule has 0 atom stereocenters. The molecule has 20 heavy (non-hydrogen) atoms. The number of carbonyl (C=O) groups excluding carboxylic acids is 1. The van der Waals surface area contributed by atoms with Crippen molar-refractivity contribution in [3.05, 3.63) is 59.2 Å². The fourth-order valence-electron chi connectivity index (χ4n) is 1.91. The maximum absolute atomic E-state index is 11.6. The van der Waals surface area contributed by atoms with Crippen molar-refractivity contribution in [2.45, 2.75) is 20.4 Å². The Morgan fingerprint density at radius 3 is 2.60 bits per heavy atom. The number of nitrogens with zero attached hydrogens (tertiary/aromatic N) is 2. The van der Waals surface area contributed by atoms with E-state index in [-0.39, 0.29) is 0 Å². The normalized spacial score (nSPS) is 10.2. The second kappa shape index (κ2) is 6.19. The van der Waals surface area contributed by atoms with Gasteiger partial charge in [-0.3, -0.25) is 0 Å². The lowest BCUT2D eigenvalue weighted by atomic mass is 10.2. The van der Waals surface area contributed by atoms with Crippen molar-refractivity contribution in [3.63, 3.8) is 0 Å². The molecule has 0 spiro atoms. The molecule has 0 N–H and O–H groups in total. The SMILES string of the molecule is COC(=O)c1cn(Cc2ccccc2)c(C=C(C)C)n1. The molecule has 0 radical (unpaired) electrons. The van der Waals surface area contributed by atoms with Crippen molar-refractivity contribution in [2.24, 2.45) is 0 Å². The Hall–Kier alpha value is -2.36. The number of rotatable bonds is 4. The van der Waals surface area contributed by atoms with Crippen LogP contribution in [0.5, 0.6) is 0 Å². The first-order valence-corrected chi connectivity index (χ1v) is 6.44. The summed E-state index contributed by atoms with van der Waals surface area (Å²) in [5.41, 5.74) is 2.61. The quantitative estimate of drug-likeness (QED) is 0.802. The maximum Gasteiger partial charge on any atom is 0.358 e. The minimum Gasteiger partial charge on any atom is -0.464 e. The second-order valence-electron chi connectivity index (χ2n) is 4.81. The third kappa shape index (κ3) is 3.35. The Bertz CT molecular complexity index is 623. The number of methoxy groups -OCH3 is 1. The smallest absolute Gasteiger partial charge is 0.358 e. The summed E-state index contributed by atoms with van der Waals surface area (Å²) in [6.45, 7) is 4.67. The number of hydrogen-bond donors (Lipinski definition) is 0. The number of esters is 1. The minimum atomic E-state index is -0.416. The minimum absolute atomic E-state index is 0.330. The van der Waals surface area contributed by atoms with Gasteiger partial charge in [-0.2, -0.15) is 0 Å². The van der Waals surface area contributed by atoms with Crippen LogP contribution in [0, 0.1) is 0 Å². The van der Waals surface area contributed by atoms with Crippen molar-refractivity contribution in [2.75, 3.05) is 7.11 Å². The number of benzene rings is 1. The molecule has 0 aliphatic heterocycles. The molecule has 104 valence electrons. The van der Waals surface area contributed by atoms with Gasteiger partial charge in [0.05, 0.1) is 7.11 Å². The van der Waals surface area contributed by atoms with Gasteiger partial charge in [-0.25, -0.2) is 9.78 Å². The summed E-state index contributed by atoms with van der Waals surface area (Å²) in [6.07, 6.45) is 3.68. The van der Waals surface area contributed by atoms with Gasteiger partial charge < -0.3 is 9.30 Å². The van der Waals surface area contributed by atoms with Gasteiger partial charge in [0.25, 0.3) is 0 Å². The molecule has 4 nitrogen and oxygen atoms in total. The summed E-state index contributed by atoms with van der Waals surface area (Å²) >= 11 is 0. The lowest BCUT2D eigenvalue weighted by molar-refractivity contribution is 0.0594. The van der Waals surface area contributed by atoms with Gasteiger partial charge in [0.1, 0.15) is 5.82 Å². The number of carbonyl (C=O) groups is 1. The van der Waals surface area contributed by atoms with E-state index < -0.39 is 5.97 Å². The van der Waals surface area contributed by atoms with Crippen LogP contribution in [0.4, 0.5) is 0 Å². The van der Waals surface area contributed by atoms with E-state index in [4.69, 9.17) is 4.74 Å². The predicted octanol–water partition coefficient (Wildman–Crippen LogP) is 3.14. The Kier molecular flexibility index (Phi) is 4.35. The highest BCUT2D eigenvalue weighted by Crippen LogP contribution is 2.12. The number of ether oxygens (including phenoxy) is 1. The Labute approximate surface area is 118 Å². The first-order valence-electron chi connectivity index (χ1n) is 6.44. The van der Waals surface area contributed by atoms with Crippen molar-refractivity contribution >= 4 is 12.0 Å². The van der Waals surface area contributed by atoms with E-state index in [1.165, 1.54) is 7.11 Å². The average Bonchev–Trinajstić information content (AvgIpc) is 2.81. The molecule has 0 unspecified atom stereocenters. The molecule has 1 aromatic heterocycles. The molecule has 4 heteroatoms. The van der Waals surface area contributed by atoms with E-state index in [2.05, 4.69) is 4.98 Å². The molecule has 1 aromatic carbocycles. The number of imidazole rings is 1. The van der Waals surface area contributed by atoms with Gasteiger partial charge in [-0.15, -0.1) is 0 Å². The fraction of sp³-hybridized carbons (Fsp3) is 0.250. The molecule has 0 amide bonds. The molecular formula is C16H18N2O2. The van der Waals surface area contributed by atoms with E-state index in [1.54, 1.807) is 6.20 Å². The van der Waals surface area contributed by atoms with E-state index in [0.29, 0.717) is 12.2 Å². The third-order valence-corrected chi connectivity index (χ3v) is 2.82. The zero-order valence-corrected chi connectivity index (χ0v) is 12.0. The maximum atomic E-state index is 11.6. The first kappa shape index (κ1) is 14.1. The highest BCUT2D eigenvalue weighted by molar-refractivity contribution is 5.87. The highest BCUT2D eigenvalue weighted by atomic mass is 16.5. The van der Waals surface area contributed by atoms with E-state index in [0.717, 1.165) is 17.0 Å². The number of hydrogen-bond acceptors (Lipinski definition) is 3. The fourth-order valence-corrected chi connectivity index (χ4v) is 1.91. The van der Waals surface area contributed by atoms with Crippen molar-refractivity contribution in [1.82, 2.24) is 9.55 Å². The number of allylic oxidation sites excluding steroid dienone is 1. The van der Waals surface area contributed by atoms with Gasteiger partial charge in [0.2, 0.25) is 0 Å². The molecule has 0 bridgehead atoms. The van der Waals surface area contributed by atoms with E-state index >= 15 is 0 Å². The second-order valence-corrected chi connectivity index (χ2v) is 4.81. The van der Waals surface area contributed by atoms with Crippen LogP contribution < -0.4 is 0 Å². The van der Waals surface area contributed by atoms with Gasteiger partial charge in [-0.1, -0.05) is 35.9 Å². The summed E-state index contributed by atoms with van der Waals surface area (Å²) < 4.78 is 6.68. The van der Waals surface area contributed by atoms with Gasteiger partial charge >= 0.3 is 5.97 Å². The third-order valence-electron chi connectivity index (χ3n) is 2.82. The molecule has 0 saturated carbocycles. The van der Waals surface area contributed by atoms with E-state index in [9.17, 15) is 4.79 Å². The Balaban J connectivity index is 2.37.